The van der Waals surface area contributed by atoms with Gasteiger partial charge < -0.3 is 28.2 Å². The van der Waals surface area contributed by atoms with Crippen molar-refractivity contribution in [1.82, 2.24) is 29.1 Å². The van der Waals surface area contributed by atoms with Crippen molar-refractivity contribution in [3.63, 3.8) is 0 Å². The average Bonchev–Trinajstić information content (AvgIpc) is 3.64. The van der Waals surface area contributed by atoms with Crippen molar-refractivity contribution < 1.29 is 22.4 Å². The normalized spacial score (nSPS) is 26.0. The quantitative estimate of drug-likeness (QED) is 0.308. The van der Waals surface area contributed by atoms with Gasteiger partial charge in [0.1, 0.15) is 31.0 Å². The third-order valence-corrected chi connectivity index (χ3v) is 18.8. The van der Waals surface area contributed by atoms with E-state index in [9.17, 15) is 0 Å². The van der Waals surface area contributed by atoms with Crippen LogP contribution in [0.15, 0.2) is 31.2 Å². The average molecular weight is 620 g/mol. The van der Waals surface area contributed by atoms with E-state index in [1.54, 1.807) is 34.0 Å². The predicted octanol–water partition coefficient (Wildman–Crippen LogP) is 4.52. The lowest BCUT2D eigenvalue weighted by Crippen LogP contribution is -2.66. The van der Waals surface area contributed by atoms with E-state index in [1.807, 2.05) is 0 Å². The monoisotopic (exact) mass is 619 g/mol. The van der Waals surface area contributed by atoms with Gasteiger partial charge in [0.2, 0.25) is 0 Å². The summed E-state index contributed by atoms with van der Waals surface area (Å²) in [5.74, 6) is 0.269. The summed E-state index contributed by atoms with van der Waals surface area (Å²) in [4.78, 5) is 12.7. The number of hydrogen-bond acceptors (Lipinski definition) is 11. The Morgan fingerprint density at radius 2 is 1.73 bits per heavy atom. The van der Waals surface area contributed by atoms with E-state index in [0.29, 0.717) is 17.9 Å². The number of ether oxygens (including phenoxy) is 2. The van der Waals surface area contributed by atoms with Gasteiger partial charge >= 0.3 is 17.1 Å². The number of nitrogen functional groups attached to an aromatic ring is 1. The number of fused-ring (bicyclic) bond motifs is 2. The van der Waals surface area contributed by atoms with E-state index in [2.05, 4.69) is 75.4 Å². The second kappa shape index (κ2) is 11.4. The van der Waals surface area contributed by atoms with Gasteiger partial charge in [-0.15, -0.1) is 0 Å². The van der Waals surface area contributed by atoms with Crippen LogP contribution in [0, 0.1) is 0 Å². The van der Waals surface area contributed by atoms with Gasteiger partial charge in [-0.05, 0) is 34.4 Å². The molecule has 0 saturated carbocycles. The minimum atomic E-state index is -2.96. The molecular weight excluding hydrogens is 579 g/mol. The maximum atomic E-state index is 7.38. The Balaban J connectivity index is 1.63. The molecule has 3 aromatic heterocycles. The first-order valence-corrected chi connectivity index (χ1v) is 18.6. The molecule has 0 radical (unpaired) electrons. The summed E-state index contributed by atoms with van der Waals surface area (Å²) < 4.78 is 38.3. The molecule has 2 saturated heterocycles. The van der Waals surface area contributed by atoms with E-state index >= 15 is 0 Å². The molecular formula is C26H41N7O5SSi2. The molecule has 0 aromatic carbocycles. The highest BCUT2D eigenvalue weighted by Crippen LogP contribution is 2.49. The zero-order chi connectivity index (χ0) is 29.7. The minimum absolute atomic E-state index is 0.137. The van der Waals surface area contributed by atoms with Crippen LogP contribution in [0.2, 0.25) is 22.2 Å². The fourth-order valence-corrected chi connectivity index (χ4v) is 17.5. The lowest BCUT2D eigenvalue weighted by Gasteiger charge is -2.51. The number of hydrogen-bond donors (Lipinski definition) is 1. The molecule has 12 nitrogen and oxygen atoms in total. The van der Waals surface area contributed by atoms with Crippen LogP contribution in [0.25, 0.3) is 5.65 Å². The van der Waals surface area contributed by atoms with Crippen LogP contribution in [0.3, 0.4) is 0 Å². The van der Waals surface area contributed by atoms with Gasteiger partial charge in [-0.3, -0.25) is 4.57 Å². The molecule has 2 N–H and O–H groups in total. The third-order valence-electron chi connectivity index (χ3n) is 8.24. The lowest BCUT2D eigenvalue weighted by atomic mass is 10.1. The molecule has 0 bridgehead atoms. The van der Waals surface area contributed by atoms with Crippen LogP contribution in [-0.2, 0) is 22.4 Å². The fraction of sp³-hybridized carbons (Fsp3) is 0.654. The first-order chi connectivity index (χ1) is 19.4. The van der Waals surface area contributed by atoms with Crippen molar-refractivity contribution >= 4 is 46.0 Å². The van der Waals surface area contributed by atoms with Crippen LogP contribution < -0.4 is 5.73 Å². The van der Waals surface area contributed by atoms with Gasteiger partial charge in [0.05, 0.1) is 18.5 Å². The zero-order valence-electron chi connectivity index (χ0n) is 24.9. The van der Waals surface area contributed by atoms with E-state index in [0.717, 1.165) is 0 Å². The van der Waals surface area contributed by atoms with Gasteiger partial charge in [0.15, 0.2) is 17.6 Å². The number of thiocarbonyl (C=S) groups is 1. The van der Waals surface area contributed by atoms with E-state index in [4.69, 9.17) is 40.4 Å². The topological polar surface area (TPSA) is 133 Å². The zero-order valence-corrected chi connectivity index (χ0v) is 27.7. The highest BCUT2D eigenvalue weighted by atomic mass is 32.1. The first kappa shape index (κ1) is 30.2. The predicted molar refractivity (Wildman–Crippen MR) is 162 cm³/mol. The molecule has 0 unspecified atom stereocenters. The maximum absolute atomic E-state index is 7.38. The molecule has 0 aliphatic carbocycles. The van der Waals surface area contributed by atoms with Gasteiger partial charge in [0.25, 0.3) is 5.17 Å². The molecule has 3 aromatic rings. The smallest absolute Gasteiger partial charge is 0.335 e. The second-order valence-electron chi connectivity index (χ2n) is 12.0. The van der Waals surface area contributed by atoms with Crippen LogP contribution in [0.4, 0.5) is 5.82 Å². The third kappa shape index (κ3) is 5.15. The highest BCUT2D eigenvalue weighted by molar-refractivity contribution is 7.80. The van der Waals surface area contributed by atoms with Gasteiger partial charge in [-0.1, -0.05) is 55.4 Å². The summed E-state index contributed by atoms with van der Waals surface area (Å²) in [5, 5.41) is 4.65. The Kier molecular flexibility index (Phi) is 8.41. The second-order valence-corrected chi connectivity index (χ2v) is 21.2. The highest BCUT2D eigenvalue weighted by Gasteiger charge is 2.62. The van der Waals surface area contributed by atoms with Crippen LogP contribution >= 0.6 is 12.2 Å². The number of aromatic nitrogens is 6. The fourth-order valence-electron chi connectivity index (χ4n) is 6.10. The number of nitrogens with zero attached hydrogens (tertiary/aromatic N) is 6. The summed E-state index contributed by atoms with van der Waals surface area (Å²) in [6, 6.07) is 0. The van der Waals surface area contributed by atoms with Gasteiger partial charge in [-0.25, -0.2) is 19.5 Å². The SMILES string of the molecule is CC(C)[Si]1(C(C)C)OC[C@H]2O[C@@H](c3cnc4c(N)ncnn34)[C@H](OC(=S)n3ccnc3)[C@@H]2O[Si](C(C)C)(C(C)C)O1. The number of imidazole rings is 2. The van der Waals surface area contributed by atoms with E-state index in [-0.39, 0.29) is 33.2 Å². The van der Waals surface area contributed by atoms with Crippen molar-refractivity contribution in [2.75, 3.05) is 12.3 Å². The first-order valence-electron chi connectivity index (χ1n) is 14.2. The Morgan fingerprint density at radius 1 is 1.05 bits per heavy atom. The minimum Gasteiger partial charge on any atom is -0.461 e. The molecule has 0 spiro atoms. The summed E-state index contributed by atoms with van der Waals surface area (Å²) in [5.41, 5.74) is 7.89. The van der Waals surface area contributed by atoms with Crippen LogP contribution in [-0.4, -0.2) is 76.3 Å². The van der Waals surface area contributed by atoms with Crippen LogP contribution in [0.5, 0.6) is 0 Å². The Morgan fingerprint density at radius 3 is 2.34 bits per heavy atom. The molecule has 2 aliphatic heterocycles. The number of rotatable bonds is 6. The molecule has 41 heavy (non-hydrogen) atoms. The molecule has 5 heterocycles. The lowest BCUT2D eigenvalue weighted by molar-refractivity contribution is -0.0398. The molecule has 5 rings (SSSR count). The number of nitrogens with two attached hydrogens (primary N) is 1. The standard InChI is InChI=1S/C26H41N7O5SSi2/c1-15(2)40(16(3)4)34-12-20-22(37-41(38-40,17(5)6)18(7)8)23(36-26(39)32-10-9-28-14-32)21(35-20)19-11-29-25-24(27)30-13-31-33(19)25/h9-11,13-18,20-23H,12H2,1-8H3,(H2,27,30,31)/t20-,21+,22-,23+/m1/s1. The summed E-state index contributed by atoms with van der Waals surface area (Å²) in [6.07, 6.45) is 5.80. The van der Waals surface area contributed by atoms with Crippen molar-refractivity contribution in [3.8, 4) is 0 Å². The van der Waals surface area contributed by atoms with Crippen LogP contribution in [0.1, 0.15) is 67.2 Å². The molecule has 15 heteroatoms. The molecule has 2 fully saturated rings. The summed E-state index contributed by atoms with van der Waals surface area (Å²) in [6.45, 7) is 17.8. The Bertz CT molecular complexity index is 1350. The van der Waals surface area contributed by atoms with E-state index in [1.165, 1.54) is 6.33 Å². The van der Waals surface area contributed by atoms with Crippen molar-refractivity contribution in [2.45, 2.75) is 102 Å². The summed E-state index contributed by atoms with van der Waals surface area (Å²) >= 11 is 5.71. The van der Waals surface area contributed by atoms with Crippen molar-refractivity contribution in [3.05, 3.63) is 36.9 Å². The molecule has 4 atom stereocenters. The largest absolute Gasteiger partial charge is 0.461 e. The maximum Gasteiger partial charge on any atom is 0.335 e. The Labute approximate surface area is 248 Å². The van der Waals surface area contributed by atoms with E-state index < -0.39 is 41.5 Å². The number of anilines is 1. The molecule has 224 valence electrons. The molecule has 2 aliphatic rings. The van der Waals surface area contributed by atoms with Crippen molar-refractivity contribution in [1.29, 1.82) is 0 Å². The van der Waals surface area contributed by atoms with Gasteiger partial charge in [-0.2, -0.15) is 5.10 Å². The van der Waals surface area contributed by atoms with Gasteiger partial charge in [0, 0.05) is 12.4 Å². The Hall–Kier alpha value is -2.28. The molecule has 0 amide bonds. The van der Waals surface area contributed by atoms with Crippen molar-refractivity contribution in [2.24, 2.45) is 0 Å². The summed E-state index contributed by atoms with van der Waals surface area (Å²) in [7, 11) is -5.71.